The quantitative estimate of drug-likeness (QED) is 0.266. The molecule has 18 atom stereocenters. The molecule has 0 spiro atoms. The van der Waals surface area contributed by atoms with Gasteiger partial charge >= 0.3 is 5.97 Å². The van der Waals surface area contributed by atoms with Crippen molar-refractivity contribution < 1.29 is 63.2 Å². The second-order valence-electron chi connectivity index (χ2n) is 16.6. The van der Waals surface area contributed by atoms with Gasteiger partial charge in [-0.1, -0.05) is 27.7 Å². The monoisotopic (exact) mass is 747 g/mol. The minimum Gasteiger partial charge on any atom is -0.459 e. The van der Waals surface area contributed by atoms with Crippen LogP contribution in [0.4, 0.5) is 0 Å². The third kappa shape index (κ3) is 9.38. The van der Waals surface area contributed by atoms with Crippen molar-refractivity contribution in [3.05, 3.63) is 0 Å². The first-order valence-corrected chi connectivity index (χ1v) is 18.9. The van der Waals surface area contributed by atoms with Gasteiger partial charge in [-0.05, 0) is 74.9 Å². The molecule has 0 saturated carbocycles. The molecule has 3 rings (SSSR count). The number of hydrogen-bond acceptors (Lipinski definition) is 14. The van der Waals surface area contributed by atoms with E-state index in [0.29, 0.717) is 6.42 Å². The molecule has 3 fully saturated rings. The van der Waals surface area contributed by atoms with Gasteiger partial charge in [-0.25, -0.2) is 0 Å². The Bertz CT molecular complexity index is 1190. The molecule has 52 heavy (non-hydrogen) atoms. The molecule has 4 N–H and O–H groups in total. The average molecular weight is 748 g/mol. The third-order valence-electron chi connectivity index (χ3n) is 12.3. The van der Waals surface area contributed by atoms with Crippen molar-refractivity contribution >= 4 is 11.8 Å². The van der Waals surface area contributed by atoms with Gasteiger partial charge in [0, 0.05) is 44.4 Å². The van der Waals surface area contributed by atoms with Crippen LogP contribution in [-0.4, -0.2) is 150 Å². The van der Waals surface area contributed by atoms with Crippen LogP contribution in [0.2, 0.25) is 0 Å². The molecule has 0 amide bonds. The fraction of sp³-hybridized carbons (Fsp3) is 0.947. The van der Waals surface area contributed by atoms with Crippen LogP contribution in [0.25, 0.3) is 0 Å². The molecular formula is C38H69NO13. The van der Waals surface area contributed by atoms with Gasteiger partial charge in [0.2, 0.25) is 0 Å². The number of ether oxygens (including phenoxy) is 7. The fourth-order valence-corrected chi connectivity index (χ4v) is 8.58. The number of cyclic esters (lactones) is 1. The predicted molar refractivity (Wildman–Crippen MR) is 191 cm³/mol. The molecule has 0 unspecified atom stereocenters. The summed E-state index contributed by atoms with van der Waals surface area (Å²) in [6, 6.07) is -0.283. The Balaban J connectivity index is 2.22. The van der Waals surface area contributed by atoms with Crippen molar-refractivity contribution in [1.29, 1.82) is 0 Å². The summed E-state index contributed by atoms with van der Waals surface area (Å²) in [5.74, 6) is -4.47. The number of carbonyl (C=O) groups is 2. The lowest BCUT2D eigenvalue weighted by Gasteiger charge is -2.50. The van der Waals surface area contributed by atoms with E-state index in [0.717, 1.165) is 0 Å². The van der Waals surface area contributed by atoms with Gasteiger partial charge < -0.3 is 58.5 Å². The van der Waals surface area contributed by atoms with Crippen molar-refractivity contribution in [3.63, 3.8) is 0 Å². The summed E-state index contributed by atoms with van der Waals surface area (Å²) < 4.78 is 43.9. The SMILES string of the molecule is CC[C@H]1OC(=O)[C@H](C)[C@H](O[C@@H]2C[C@@](C)(OC)[C@@H](O)[C@H](C)O2)[C@H](C)[C@@H](O[C@@H]2O[C@H](C)C[C@H](N(C)C)[C@@H]2O)[C@](C)(OC)C[C@@H](C)C(=O)[C@H](C)[C@@H](O)[C@]1(C)O. The highest BCUT2D eigenvalue weighted by atomic mass is 16.7. The third-order valence-corrected chi connectivity index (χ3v) is 12.3. The number of aliphatic hydroxyl groups excluding tert-OH is 3. The van der Waals surface area contributed by atoms with E-state index in [9.17, 15) is 30.0 Å². The average Bonchev–Trinajstić information content (AvgIpc) is 3.09. The number of carbonyl (C=O) groups excluding carboxylic acids is 2. The molecule has 3 aliphatic rings. The van der Waals surface area contributed by atoms with Gasteiger partial charge in [0.05, 0.1) is 47.6 Å². The van der Waals surface area contributed by atoms with E-state index in [4.69, 9.17) is 33.2 Å². The minimum atomic E-state index is -1.96. The first-order valence-electron chi connectivity index (χ1n) is 18.9. The summed E-state index contributed by atoms with van der Waals surface area (Å²) in [6.45, 7) is 17.1. The van der Waals surface area contributed by atoms with Crippen molar-refractivity contribution in [2.45, 2.75) is 179 Å². The maximum Gasteiger partial charge on any atom is 0.311 e. The van der Waals surface area contributed by atoms with Gasteiger partial charge in [-0.3, -0.25) is 9.59 Å². The standard InChI is InChI=1S/C38H69NO13/c1-15-26-38(10,45)31(42)21(4)28(40)19(2)17-37(9,47-14)33(52-35-29(41)25(39(11)12)16-20(3)48-35)22(5)30(23(6)34(44)50-26)51-27-18-36(8,46-13)32(43)24(7)49-27/h19-27,29-33,35,41-43,45H,15-18H2,1-14H3/t19-,20-,21+,22+,23-,24+,25+,26-,27-,29+,30-,31-,32+,33-,35+,36-,37-,38-/m1/s1. The number of likely N-dealkylation sites (N-methyl/N-ethyl adjacent to an activating group) is 1. The summed E-state index contributed by atoms with van der Waals surface area (Å²) in [5, 5.41) is 45.6. The summed E-state index contributed by atoms with van der Waals surface area (Å²) >= 11 is 0. The highest BCUT2D eigenvalue weighted by Gasteiger charge is 2.54. The van der Waals surface area contributed by atoms with E-state index in [-0.39, 0.29) is 37.2 Å². The van der Waals surface area contributed by atoms with Gasteiger partial charge in [-0.15, -0.1) is 0 Å². The van der Waals surface area contributed by atoms with Crippen LogP contribution >= 0.6 is 0 Å². The topological polar surface area (TPSA) is 183 Å². The van der Waals surface area contributed by atoms with E-state index in [1.54, 1.807) is 48.5 Å². The molecule has 3 saturated heterocycles. The molecular weight excluding hydrogens is 678 g/mol. The Kier molecular flexibility index (Phi) is 15.3. The molecule has 0 aliphatic carbocycles. The second-order valence-corrected chi connectivity index (χ2v) is 16.6. The van der Waals surface area contributed by atoms with Gasteiger partial charge in [0.15, 0.2) is 12.6 Å². The molecule has 0 aromatic heterocycles. The molecule has 3 heterocycles. The van der Waals surface area contributed by atoms with Crippen LogP contribution in [0.15, 0.2) is 0 Å². The van der Waals surface area contributed by atoms with E-state index in [1.165, 1.54) is 21.1 Å². The smallest absolute Gasteiger partial charge is 0.311 e. The Morgan fingerprint density at radius 1 is 0.846 bits per heavy atom. The van der Waals surface area contributed by atoms with Gasteiger partial charge in [-0.2, -0.15) is 0 Å². The maximum atomic E-state index is 14.2. The lowest BCUT2D eigenvalue weighted by Crippen LogP contribution is -2.61. The molecule has 14 heteroatoms. The summed E-state index contributed by atoms with van der Waals surface area (Å²) in [7, 11) is 6.77. The normalized spacial score (nSPS) is 49.0. The predicted octanol–water partition coefficient (Wildman–Crippen LogP) is 2.44. The summed E-state index contributed by atoms with van der Waals surface area (Å²) in [4.78, 5) is 30.1. The van der Waals surface area contributed by atoms with Gasteiger partial charge in [0.1, 0.15) is 29.7 Å². The maximum absolute atomic E-state index is 14.2. The Hall–Kier alpha value is -1.30. The highest BCUT2D eigenvalue weighted by Crippen LogP contribution is 2.41. The highest BCUT2D eigenvalue weighted by molar-refractivity contribution is 5.83. The molecule has 14 nitrogen and oxygen atoms in total. The van der Waals surface area contributed by atoms with E-state index in [1.807, 2.05) is 32.8 Å². The van der Waals surface area contributed by atoms with Gasteiger partial charge in [0.25, 0.3) is 0 Å². The number of methoxy groups -OCH3 is 2. The number of hydrogen-bond donors (Lipinski definition) is 4. The molecule has 0 radical (unpaired) electrons. The Morgan fingerprint density at radius 3 is 1.98 bits per heavy atom. The molecule has 3 aliphatic heterocycles. The van der Waals surface area contributed by atoms with Crippen molar-refractivity contribution in [1.82, 2.24) is 4.90 Å². The zero-order chi connectivity index (χ0) is 39.7. The number of esters is 1. The second kappa shape index (κ2) is 17.7. The van der Waals surface area contributed by atoms with Crippen molar-refractivity contribution in [3.8, 4) is 0 Å². The number of aliphatic hydroxyl groups is 4. The van der Waals surface area contributed by atoms with E-state index >= 15 is 0 Å². The fourth-order valence-electron chi connectivity index (χ4n) is 8.58. The zero-order valence-corrected chi connectivity index (χ0v) is 33.9. The first-order chi connectivity index (χ1) is 24.0. The molecule has 0 aromatic carbocycles. The van der Waals surface area contributed by atoms with Crippen molar-refractivity contribution in [2.75, 3.05) is 28.3 Å². The minimum absolute atomic E-state index is 0.111. The lowest BCUT2D eigenvalue weighted by molar-refractivity contribution is -0.319. The number of nitrogens with zero attached hydrogens (tertiary/aromatic N) is 1. The number of ketones is 1. The van der Waals surface area contributed by atoms with Crippen LogP contribution in [0.3, 0.4) is 0 Å². The Morgan fingerprint density at radius 2 is 1.44 bits per heavy atom. The van der Waals surface area contributed by atoms with Crippen LogP contribution in [-0.2, 0) is 42.7 Å². The summed E-state index contributed by atoms with van der Waals surface area (Å²) in [5.41, 5.74) is -4.24. The van der Waals surface area contributed by atoms with Crippen LogP contribution in [0, 0.1) is 23.7 Å². The van der Waals surface area contributed by atoms with E-state index in [2.05, 4.69) is 0 Å². The molecule has 304 valence electrons. The summed E-state index contributed by atoms with van der Waals surface area (Å²) in [6.07, 6.45) is -8.73. The van der Waals surface area contributed by atoms with Crippen molar-refractivity contribution in [2.24, 2.45) is 23.7 Å². The zero-order valence-electron chi connectivity index (χ0n) is 33.9. The Labute approximate surface area is 310 Å². The van der Waals surface area contributed by atoms with E-state index < -0.39 is 102 Å². The number of Topliss-reactive ketones (excluding diaryl/α,β-unsaturated/α-hetero) is 1. The first kappa shape index (κ1) is 45.1. The van der Waals surface area contributed by atoms with Crippen LogP contribution < -0.4 is 0 Å². The van der Waals surface area contributed by atoms with Crippen LogP contribution in [0.1, 0.15) is 94.9 Å². The largest absolute Gasteiger partial charge is 0.459 e. The van der Waals surface area contributed by atoms with Crippen LogP contribution in [0.5, 0.6) is 0 Å². The molecule has 0 bridgehead atoms. The lowest BCUT2D eigenvalue weighted by atomic mass is 9.74. The number of rotatable bonds is 8. The molecule has 0 aromatic rings.